The number of nitrogens with one attached hydrogen (secondary N) is 1. The summed E-state index contributed by atoms with van der Waals surface area (Å²) in [7, 11) is -3.57. The van der Waals surface area contributed by atoms with E-state index in [9.17, 15) is 13.2 Å². The largest absolute Gasteiger partial charge is 0.353 e. The van der Waals surface area contributed by atoms with Gasteiger partial charge in [0.2, 0.25) is 15.9 Å². The first-order valence-electron chi connectivity index (χ1n) is 9.41. The number of amides is 1. The first-order valence-corrected chi connectivity index (χ1v) is 10.9. The van der Waals surface area contributed by atoms with E-state index in [1.54, 1.807) is 42.9 Å². The molecule has 1 aromatic carbocycles. The summed E-state index contributed by atoms with van der Waals surface area (Å²) < 4.78 is 27.3. The number of rotatable bonds is 7. The number of nitrogens with zero attached hydrogens (tertiary/aromatic N) is 4. The van der Waals surface area contributed by atoms with Crippen LogP contribution >= 0.6 is 0 Å². The number of carbonyl (C=O) groups excluding carboxylic acids is 1. The van der Waals surface area contributed by atoms with Crippen LogP contribution in [0.5, 0.6) is 0 Å². The average Bonchev–Trinajstić information content (AvgIpc) is 2.73. The molecule has 0 spiro atoms. The first kappa shape index (κ1) is 20.2. The topological polar surface area (TPSA) is 95.5 Å². The Morgan fingerprint density at radius 3 is 2.43 bits per heavy atom. The van der Waals surface area contributed by atoms with Gasteiger partial charge in [-0.25, -0.2) is 13.4 Å². The van der Waals surface area contributed by atoms with Crippen molar-refractivity contribution in [2.24, 2.45) is 0 Å². The molecule has 1 aromatic heterocycles. The van der Waals surface area contributed by atoms with E-state index in [-0.39, 0.29) is 10.8 Å². The molecule has 28 heavy (non-hydrogen) atoms. The minimum absolute atomic E-state index is 0.0578. The van der Waals surface area contributed by atoms with Crippen molar-refractivity contribution in [2.75, 3.05) is 36.4 Å². The summed E-state index contributed by atoms with van der Waals surface area (Å²) in [6.07, 6.45) is 7.17. The number of piperazine rings is 1. The molecular weight excluding hydrogens is 378 g/mol. The lowest BCUT2D eigenvalue weighted by molar-refractivity contribution is -0.116. The molecule has 0 bridgehead atoms. The van der Waals surface area contributed by atoms with E-state index in [0.29, 0.717) is 38.3 Å². The van der Waals surface area contributed by atoms with Crippen molar-refractivity contribution in [2.45, 2.75) is 31.1 Å². The van der Waals surface area contributed by atoms with Crippen molar-refractivity contribution in [3.05, 3.63) is 42.9 Å². The third-order valence-electron chi connectivity index (χ3n) is 4.65. The van der Waals surface area contributed by atoms with Crippen LogP contribution < -0.4 is 10.2 Å². The van der Waals surface area contributed by atoms with Crippen LogP contribution in [0.2, 0.25) is 0 Å². The molecule has 1 amide bonds. The molecule has 0 unspecified atom stereocenters. The Bertz CT molecular complexity index is 880. The first-order chi connectivity index (χ1) is 13.5. The van der Waals surface area contributed by atoms with Gasteiger partial charge in [-0.3, -0.25) is 9.78 Å². The van der Waals surface area contributed by atoms with E-state index in [0.717, 1.165) is 18.7 Å². The number of sulfonamides is 1. The maximum absolute atomic E-state index is 12.9. The summed E-state index contributed by atoms with van der Waals surface area (Å²) in [5, 5.41) is 2.79. The van der Waals surface area contributed by atoms with Crippen LogP contribution in [0.3, 0.4) is 0 Å². The number of hydrogen-bond acceptors (Lipinski definition) is 6. The molecule has 3 rings (SSSR count). The van der Waals surface area contributed by atoms with Gasteiger partial charge in [-0.05, 0) is 30.7 Å². The Labute approximate surface area is 165 Å². The van der Waals surface area contributed by atoms with Crippen LogP contribution in [0.15, 0.2) is 47.8 Å². The van der Waals surface area contributed by atoms with Crippen LogP contribution in [0.1, 0.15) is 26.2 Å². The highest BCUT2D eigenvalue weighted by molar-refractivity contribution is 7.89. The van der Waals surface area contributed by atoms with Gasteiger partial charge in [-0.15, -0.1) is 0 Å². The predicted octanol–water partition coefficient (Wildman–Crippen LogP) is 2.12. The Hall–Kier alpha value is -2.52. The Morgan fingerprint density at radius 2 is 1.82 bits per heavy atom. The Morgan fingerprint density at radius 1 is 1.11 bits per heavy atom. The van der Waals surface area contributed by atoms with E-state index < -0.39 is 10.0 Å². The standard InChI is InChI=1S/C19H25N5O3S/c1-2-3-4-19(25)22-16-5-7-17(8-6-16)28(26,27)24-13-11-23(12-14-24)18-15-20-9-10-21-18/h5-10,15H,2-4,11-14H2,1H3,(H,22,25). The Balaban J connectivity index is 1.61. The molecule has 1 fully saturated rings. The van der Waals surface area contributed by atoms with Gasteiger partial charge < -0.3 is 10.2 Å². The van der Waals surface area contributed by atoms with Gasteiger partial charge in [0, 0.05) is 50.7 Å². The second-order valence-electron chi connectivity index (χ2n) is 6.63. The molecule has 0 aliphatic carbocycles. The molecule has 0 radical (unpaired) electrons. The fraction of sp³-hybridized carbons (Fsp3) is 0.421. The number of carbonyl (C=O) groups is 1. The lowest BCUT2D eigenvalue weighted by Crippen LogP contribution is -2.48. The lowest BCUT2D eigenvalue weighted by atomic mass is 10.2. The zero-order valence-corrected chi connectivity index (χ0v) is 16.7. The molecule has 9 heteroatoms. The molecular formula is C19H25N5O3S. The normalized spacial score (nSPS) is 15.4. The maximum atomic E-state index is 12.9. The summed E-state index contributed by atoms with van der Waals surface area (Å²) in [4.78, 5) is 22.4. The molecule has 1 aliphatic heterocycles. The molecule has 1 aliphatic rings. The summed E-state index contributed by atoms with van der Waals surface area (Å²) in [6.45, 7) is 3.91. The molecule has 2 heterocycles. The molecule has 0 atom stereocenters. The van der Waals surface area contributed by atoms with Gasteiger partial charge in [0.15, 0.2) is 0 Å². The zero-order valence-electron chi connectivity index (χ0n) is 15.9. The second kappa shape index (κ2) is 9.11. The fourth-order valence-corrected chi connectivity index (χ4v) is 4.45. The Kier molecular flexibility index (Phi) is 6.58. The van der Waals surface area contributed by atoms with Crippen molar-refractivity contribution >= 4 is 27.4 Å². The monoisotopic (exact) mass is 403 g/mol. The summed E-state index contributed by atoms with van der Waals surface area (Å²) in [5.41, 5.74) is 0.604. The SMILES string of the molecule is CCCCC(=O)Nc1ccc(S(=O)(=O)N2CCN(c3cnccn3)CC2)cc1. The number of aromatic nitrogens is 2. The van der Waals surface area contributed by atoms with Crippen LogP contribution in [0, 0.1) is 0 Å². The highest BCUT2D eigenvalue weighted by atomic mass is 32.2. The van der Waals surface area contributed by atoms with Crippen LogP contribution in [0.4, 0.5) is 11.5 Å². The zero-order chi connectivity index (χ0) is 20.0. The number of unbranched alkanes of at least 4 members (excludes halogenated alkanes) is 1. The van der Waals surface area contributed by atoms with E-state index in [2.05, 4.69) is 15.3 Å². The van der Waals surface area contributed by atoms with Crippen molar-refractivity contribution in [3.8, 4) is 0 Å². The van der Waals surface area contributed by atoms with E-state index in [4.69, 9.17) is 0 Å². The predicted molar refractivity (Wildman–Crippen MR) is 108 cm³/mol. The average molecular weight is 404 g/mol. The molecule has 0 saturated carbocycles. The molecule has 150 valence electrons. The minimum Gasteiger partial charge on any atom is -0.353 e. The summed E-state index contributed by atoms with van der Waals surface area (Å²) in [6, 6.07) is 6.35. The minimum atomic E-state index is -3.57. The van der Waals surface area contributed by atoms with Gasteiger partial charge in [-0.1, -0.05) is 13.3 Å². The van der Waals surface area contributed by atoms with E-state index in [1.165, 1.54) is 4.31 Å². The number of anilines is 2. The summed E-state index contributed by atoms with van der Waals surface area (Å²) in [5.74, 6) is 0.695. The van der Waals surface area contributed by atoms with Gasteiger partial charge in [0.1, 0.15) is 5.82 Å². The maximum Gasteiger partial charge on any atom is 0.243 e. The third-order valence-corrected chi connectivity index (χ3v) is 6.56. The number of benzene rings is 1. The van der Waals surface area contributed by atoms with Crippen LogP contribution in [-0.4, -0.2) is 54.8 Å². The number of hydrogen-bond donors (Lipinski definition) is 1. The van der Waals surface area contributed by atoms with Gasteiger partial charge in [0.25, 0.3) is 0 Å². The van der Waals surface area contributed by atoms with Gasteiger partial charge in [0.05, 0.1) is 11.1 Å². The molecule has 1 saturated heterocycles. The molecule has 1 N–H and O–H groups in total. The smallest absolute Gasteiger partial charge is 0.243 e. The highest BCUT2D eigenvalue weighted by Crippen LogP contribution is 2.21. The van der Waals surface area contributed by atoms with Crippen LogP contribution in [0.25, 0.3) is 0 Å². The van der Waals surface area contributed by atoms with Crippen molar-refractivity contribution in [1.82, 2.24) is 14.3 Å². The molecule has 2 aromatic rings. The highest BCUT2D eigenvalue weighted by Gasteiger charge is 2.28. The van der Waals surface area contributed by atoms with Crippen LogP contribution in [-0.2, 0) is 14.8 Å². The summed E-state index contributed by atoms with van der Waals surface area (Å²) >= 11 is 0. The third kappa shape index (κ3) is 4.85. The van der Waals surface area contributed by atoms with E-state index >= 15 is 0 Å². The second-order valence-corrected chi connectivity index (χ2v) is 8.57. The fourth-order valence-electron chi connectivity index (χ4n) is 3.03. The van der Waals surface area contributed by atoms with Crippen molar-refractivity contribution < 1.29 is 13.2 Å². The molecule has 8 nitrogen and oxygen atoms in total. The van der Waals surface area contributed by atoms with Crippen molar-refractivity contribution in [1.29, 1.82) is 0 Å². The van der Waals surface area contributed by atoms with Crippen molar-refractivity contribution in [3.63, 3.8) is 0 Å². The van der Waals surface area contributed by atoms with E-state index in [1.807, 2.05) is 11.8 Å². The van der Waals surface area contributed by atoms with Gasteiger partial charge in [-0.2, -0.15) is 4.31 Å². The lowest BCUT2D eigenvalue weighted by Gasteiger charge is -2.34. The van der Waals surface area contributed by atoms with Gasteiger partial charge >= 0.3 is 0 Å². The quantitative estimate of drug-likeness (QED) is 0.761.